The lowest BCUT2D eigenvalue weighted by atomic mass is 10.2. The van der Waals surface area contributed by atoms with Gasteiger partial charge < -0.3 is 14.3 Å². The van der Waals surface area contributed by atoms with Crippen molar-refractivity contribution >= 4 is 40.6 Å². The molecule has 1 unspecified atom stereocenters. The van der Waals surface area contributed by atoms with E-state index in [-0.39, 0.29) is 11.7 Å². The Kier molecular flexibility index (Phi) is 6.18. The second kappa shape index (κ2) is 8.77. The summed E-state index contributed by atoms with van der Waals surface area (Å²) in [6.45, 7) is 2.66. The molecule has 2 heterocycles. The van der Waals surface area contributed by atoms with Crippen molar-refractivity contribution in [2.24, 2.45) is 0 Å². The molecular formula is C19H22N4O3S. The van der Waals surface area contributed by atoms with Crippen molar-refractivity contribution in [1.29, 1.82) is 0 Å². The molecule has 0 radical (unpaired) electrons. The van der Waals surface area contributed by atoms with Gasteiger partial charge in [0.2, 0.25) is 11.9 Å². The number of imidazole rings is 1. The van der Waals surface area contributed by atoms with Crippen LogP contribution in [0.3, 0.4) is 0 Å². The number of thioether (sulfide) groups is 1. The molecule has 2 amide bonds. The van der Waals surface area contributed by atoms with Crippen molar-refractivity contribution in [2.75, 3.05) is 17.3 Å². The molecule has 0 saturated carbocycles. The largest absolute Gasteiger partial charge is 0.459 e. The Bertz CT molecular complexity index is 920. The van der Waals surface area contributed by atoms with Gasteiger partial charge in [0.1, 0.15) is 6.04 Å². The zero-order chi connectivity index (χ0) is 19.2. The molecule has 27 heavy (non-hydrogen) atoms. The second-order valence-electron chi connectivity index (χ2n) is 5.94. The number of carbonyl (C=O) groups excluding carboxylic acids is 2. The summed E-state index contributed by atoms with van der Waals surface area (Å²) in [4.78, 5) is 29.6. The maximum Gasteiger partial charge on any atom is 0.287 e. The number of aryl methyl sites for hydroxylation is 1. The quantitative estimate of drug-likeness (QED) is 0.621. The van der Waals surface area contributed by atoms with Crippen LogP contribution in [0.15, 0.2) is 47.1 Å². The topological polar surface area (TPSA) is 89.2 Å². The molecule has 0 aliphatic heterocycles. The van der Waals surface area contributed by atoms with Gasteiger partial charge in [0, 0.05) is 6.54 Å². The fourth-order valence-corrected chi connectivity index (χ4v) is 3.30. The maximum absolute atomic E-state index is 12.8. The van der Waals surface area contributed by atoms with Crippen molar-refractivity contribution in [3.8, 4) is 0 Å². The molecule has 8 heteroatoms. The van der Waals surface area contributed by atoms with Gasteiger partial charge in [-0.2, -0.15) is 11.8 Å². The molecule has 1 atom stereocenters. The normalized spacial score (nSPS) is 12.1. The zero-order valence-corrected chi connectivity index (χ0v) is 16.1. The highest BCUT2D eigenvalue weighted by atomic mass is 32.2. The van der Waals surface area contributed by atoms with Crippen LogP contribution < -0.4 is 10.6 Å². The third-order valence-corrected chi connectivity index (χ3v) is 4.83. The Balaban J connectivity index is 1.78. The molecule has 0 fully saturated rings. The van der Waals surface area contributed by atoms with E-state index in [2.05, 4.69) is 15.6 Å². The predicted molar refractivity (Wildman–Crippen MR) is 107 cm³/mol. The van der Waals surface area contributed by atoms with Crippen LogP contribution in [0.4, 0.5) is 5.95 Å². The van der Waals surface area contributed by atoms with E-state index in [0.29, 0.717) is 18.9 Å². The van der Waals surface area contributed by atoms with Gasteiger partial charge in [-0.15, -0.1) is 0 Å². The average Bonchev–Trinajstić information content (AvgIpc) is 3.32. The molecule has 0 saturated heterocycles. The van der Waals surface area contributed by atoms with E-state index in [4.69, 9.17) is 4.42 Å². The lowest BCUT2D eigenvalue weighted by molar-refractivity contribution is -0.118. The highest BCUT2D eigenvalue weighted by Gasteiger charge is 2.24. The fourth-order valence-electron chi connectivity index (χ4n) is 2.83. The first-order chi connectivity index (χ1) is 13.1. The van der Waals surface area contributed by atoms with E-state index < -0.39 is 11.9 Å². The number of hydrogen-bond acceptors (Lipinski definition) is 5. The molecule has 0 aliphatic carbocycles. The van der Waals surface area contributed by atoms with E-state index >= 15 is 0 Å². The molecule has 142 valence electrons. The Morgan fingerprint density at radius 2 is 2.07 bits per heavy atom. The minimum atomic E-state index is -0.680. The standard InChI is InChI=1S/C19H22N4O3S/c1-3-23-15-8-5-4-7-13(15)21-19(23)22-17(24)14(10-12-27-2)20-18(25)16-9-6-11-26-16/h4-9,11,14H,3,10,12H2,1-2H3,(H,20,25)(H,21,22,24). The van der Waals surface area contributed by atoms with E-state index in [1.165, 1.54) is 6.26 Å². The molecule has 1 aromatic carbocycles. The van der Waals surface area contributed by atoms with Gasteiger partial charge in [-0.1, -0.05) is 12.1 Å². The van der Waals surface area contributed by atoms with Gasteiger partial charge in [-0.3, -0.25) is 14.9 Å². The van der Waals surface area contributed by atoms with Crippen molar-refractivity contribution in [3.05, 3.63) is 48.4 Å². The van der Waals surface area contributed by atoms with E-state index in [1.54, 1.807) is 23.9 Å². The number of furan rings is 1. The van der Waals surface area contributed by atoms with Gasteiger partial charge in [0.25, 0.3) is 5.91 Å². The SMILES string of the molecule is CCn1c(NC(=O)C(CCSC)NC(=O)c2ccco2)nc2ccccc21. The highest BCUT2D eigenvalue weighted by molar-refractivity contribution is 7.98. The van der Waals surface area contributed by atoms with Gasteiger partial charge in [-0.05, 0) is 49.6 Å². The van der Waals surface area contributed by atoms with Crippen LogP contribution in [0.1, 0.15) is 23.9 Å². The third kappa shape index (κ3) is 4.33. The maximum atomic E-state index is 12.8. The number of amides is 2. The number of nitrogens with zero attached hydrogens (tertiary/aromatic N) is 2. The summed E-state index contributed by atoms with van der Waals surface area (Å²) in [6.07, 6.45) is 3.89. The van der Waals surface area contributed by atoms with E-state index in [9.17, 15) is 9.59 Å². The van der Waals surface area contributed by atoms with Gasteiger partial charge >= 0.3 is 0 Å². The zero-order valence-electron chi connectivity index (χ0n) is 15.3. The molecule has 7 nitrogen and oxygen atoms in total. The van der Waals surface area contributed by atoms with Gasteiger partial charge in [0.05, 0.1) is 17.3 Å². The van der Waals surface area contributed by atoms with E-state index in [0.717, 1.165) is 16.8 Å². The Morgan fingerprint density at radius 3 is 2.78 bits per heavy atom. The van der Waals surface area contributed by atoms with Gasteiger partial charge in [-0.25, -0.2) is 4.98 Å². The number of fused-ring (bicyclic) bond motifs is 1. The molecule has 3 rings (SSSR count). The molecule has 0 aliphatic rings. The summed E-state index contributed by atoms with van der Waals surface area (Å²) >= 11 is 1.61. The number of carbonyl (C=O) groups is 2. The number of nitrogens with one attached hydrogen (secondary N) is 2. The summed E-state index contributed by atoms with van der Waals surface area (Å²) in [5, 5.41) is 5.62. The minimum absolute atomic E-state index is 0.178. The van der Waals surface area contributed by atoms with Crippen LogP contribution >= 0.6 is 11.8 Å². The summed E-state index contributed by atoms with van der Waals surface area (Å²) in [6, 6.07) is 10.2. The number of aromatic nitrogens is 2. The van der Waals surface area contributed by atoms with Crippen LogP contribution in [-0.2, 0) is 11.3 Å². The first-order valence-corrected chi connectivity index (χ1v) is 10.1. The first kappa shape index (κ1) is 19.0. The monoisotopic (exact) mass is 386 g/mol. The van der Waals surface area contributed by atoms with Crippen LogP contribution in [0, 0.1) is 0 Å². The lowest BCUT2D eigenvalue weighted by Gasteiger charge is -2.17. The number of benzene rings is 1. The Hall–Kier alpha value is -2.74. The highest BCUT2D eigenvalue weighted by Crippen LogP contribution is 2.19. The van der Waals surface area contributed by atoms with Crippen molar-refractivity contribution in [3.63, 3.8) is 0 Å². The summed E-state index contributed by atoms with van der Waals surface area (Å²) in [7, 11) is 0. The smallest absolute Gasteiger partial charge is 0.287 e. The lowest BCUT2D eigenvalue weighted by Crippen LogP contribution is -2.44. The van der Waals surface area contributed by atoms with E-state index in [1.807, 2.05) is 42.0 Å². The predicted octanol–water partition coefficient (Wildman–Crippen LogP) is 3.14. The summed E-state index contributed by atoms with van der Waals surface area (Å²) in [5.41, 5.74) is 1.77. The number of hydrogen-bond donors (Lipinski definition) is 2. The van der Waals surface area contributed by atoms with Crippen LogP contribution in [0.5, 0.6) is 0 Å². The first-order valence-electron chi connectivity index (χ1n) is 8.73. The molecule has 2 aromatic heterocycles. The number of anilines is 1. The van der Waals surface area contributed by atoms with Gasteiger partial charge in [0.15, 0.2) is 5.76 Å². The Labute approximate surface area is 161 Å². The molecule has 0 bridgehead atoms. The Morgan fingerprint density at radius 1 is 1.26 bits per heavy atom. The van der Waals surface area contributed by atoms with Crippen LogP contribution in [0.25, 0.3) is 11.0 Å². The second-order valence-corrected chi connectivity index (χ2v) is 6.93. The van der Waals surface area contributed by atoms with Crippen molar-refractivity contribution in [2.45, 2.75) is 25.9 Å². The minimum Gasteiger partial charge on any atom is -0.459 e. The number of para-hydroxylation sites is 2. The van der Waals surface area contributed by atoms with Crippen molar-refractivity contribution < 1.29 is 14.0 Å². The summed E-state index contributed by atoms with van der Waals surface area (Å²) < 4.78 is 7.05. The number of rotatable bonds is 8. The van der Waals surface area contributed by atoms with Crippen LogP contribution in [0.2, 0.25) is 0 Å². The molecule has 3 aromatic rings. The molecule has 0 spiro atoms. The average molecular weight is 386 g/mol. The van der Waals surface area contributed by atoms with Crippen molar-refractivity contribution in [1.82, 2.24) is 14.9 Å². The van der Waals surface area contributed by atoms with Crippen LogP contribution in [-0.4, -0.2) is 39.4 Å². The molecular weight excluding hydrogens is 364 g/mol. The fraction of sp³-hybridized carbons (Fsp3) is 0.316. The summed E-state index contributed by atoms with van der Waals surface area (Å²) in [5.74, 6) is 0.683. The third-order valence-electron chi connectivity index (χ3n) is 4.18. The molecule has 2 N–H and O–H groups in total.